The summed E-state index contributed by atoms with van der Waals surface area (Å²) in [5, 5.41) is 9.42. The molecule has 2 atom stereocenters. The molecule has 1 aromatic heterocycles. The highest BCUT2D eigenvalue weighted by Gasteiger charge is 2.28. The van der Waals surface area contributed by atoms with Gasteiger partial charge in [-0.3, -0.25) is 0 Å². The van der Waals surface area contributed by atoms with Crippen molar-refractivity contribution >= 4 is 5.69 Å². The lowest BCUT2D eigenvalue weighted by molar-refractivity contribution is 0.0709. The summed E-state index contributed by atoms with van der Waals surface area (Å²) in [6, 6.07) is 3.42. The van der Waals surface area contributed by atoms with Gasteiger partial charge in [0.25, 0.3) is 0 Å². The summed E-state index contributed by atoms with van der Waals surface area (Å²) in [7, 11) is 0. The van der Waals surface area contributed by atoms with E-state index >= 15 is 0 Å². The molecule has 1 saturated heterocycles. The zero-order chi connectivity index (χ0) is 9.97. The Hall–Kier alpha value is -1.33. The van der Waals surface area contributed by atoms with Gasteiger partial charge in [-0.2, -0.15) is 0 Å². The average Bonchev–Trinajstić information content (AvgIpc) is 2.56. The van der Waals surface area contributed by atoms with Gasteiger partial charge in [0.15, 0.2) is 6.10 Å². The van der Waals surface area contributed by atoms with Crippen LogP contribution in [0.5, 0.6) is 5.88 Å². The van der Waals surface area contributed by atoms with Crippen LogP contribution in [0.4, 0.5) is 5.69 Å². The van der Waals surface area contributed by atoms with Gasteiger partial charge in [0.1, 0.15) is 6.10 Å². The first-order valence-electron chi connectivity index (χ1n) is 4.40. The molecule has 1 aliphatic heterocycles. The summed E-state index contributed by atoms with van der Waals surface area (Å²) < 4.78 is 10.4. The molecule has 2 heterocycles. The van der Waals surface area contributed by atoms with Crippen molar-refractivity contribution in [3.05, 3.63) is 18.3 Å². The molecule has 76 valence electrons. The van der Waals surface area contributed by atoms with Gasteiger partial charge in [0.05, 0.1) is 18.9 Å². The van der Waals surface area contributed by atoms with Gasteiger partial charge in [0, 0.05) is 6.20 Å². The van der Waals surface area contributed by atoms with Crippen molar-refractivity contribution in [3.63, 3.8) is 0 Å². The van der Waals surface area contributed by atoms with Gasteiger partial charge >= 0.3 is 0 Å². The molecule has 0 bridgehead atoms. The number of anilines is 1. The Morgan fingerprint density at radius 1 is 1.57 bits per heavy atom. The van der Waals surface area contributed by atoms with Crippen molar-refractivity contribution in [2.45, 2.75) is 12.2 Å². The molecule has 0 unspecified atom stereocenters. The van der Waals surface area contributed by atoms with Crippen molar-refractivity contribution in [1.82, 2.24) is 4.98 Å². The second kappa shape index (κ2) is 3.81. The van der Waals surface area contributed by atoms with Gasteiger partial charge in [-0.15, -0.1) is 0 Å². The van der Waals surface area contributed by atoms with E-state index in [9.17, 15) is 5.11 Å². The lowest BCUT2D eigenvalue weighted by atomic mass is 10.2. The lowest BCUT2D eigenvalue weighted by Gasteiger charge is -2.15. The van der Waals surface area contributed by atoms with Gasteiger partial charge in [-0.25, -0.2) is 4.98 Å². The van der Waals surface area contributed by atoms with Crippen molar-refractivity contribution in [2.75, 3.05) is 18.9 Å². The Labute approximate surface area is 81.5 Å². The highest BCUT2D eigenvalue weighted by Crippen LogP contribution is 2.20. The topological polar surface area (TPSA) is 77.6 Å². The van der Waals surface area contributed by atoms with Gasteiger partial charge in [-0.05, 0) is 12.1 Å². The van der Waals surface area contributed by atoms with E-state index in [1.807, 2.05) is 0 Å². The van der Waals surface area contributed by atoms with E-state index in [1.165, 1.54) is 0 Å². The predicted molar refractivity (Wildman–Crippen MR) is 49.9 cm³/mol. The zero-order valence-electron chi connectivity index (χ0n) is 7.59. The van der Waals surface area contributed by atoms with Crippen LogP contribution >= 0.6 is 0 Å². The minimum Gasteiger partial charge on any atom is -0.468 e. The first-order valence-corrected chi connectivity index (χ1v) is 4.40. The van der Waals surface area contributed by atoms with Crippen LogP contribution in [0, 0.1) is 0 Å². The fourth-order valence-electron chi connectivity index (χ4n) is 1.28. The van der Waals surface area contributed by atoms with Crippen LogP contribution in [0.2, 0.25) is 0 Å². The summed E-state index contributed by atoms with van der Waals surface area (Å²) in [5.41, 5.74) is 6.10. The van der Waals surface area contributed by atoms with E-state index in [-0.39, 0.29) is 6.10 Å². The van der Waals surface area contributed by atoms with Crippen LogP contribution in [0.3, 0.4) is 0 Å². The Kier molecular flexibility index (Phi) is 2.51. The fraction of sp³-hybridized carbons (Fsp3) is 0.444. The second-order valence-electron chi connectivity index (χ2n) is 3.16. The van der Waals surface area contributed by atoms with Crippen LogP contribution in [-0.2, 0) is 4.74 Å². The highest BCUT2D eigenvalue weighted by atomic mass is 16.6. The Balaban J connectivity index is 2.07. The lowest BCUT2D eigenvalue weighted by Crippen LogP contribution is -2.30. The Bertz CT molecular complexity index is 319. The minimum atomic E-state index is -0.601. The summed E-state index contributed by atoms with van der Waals surface area (Å²) in [5.74, 6) is 0.349. The van der Waals surface area contributed by atoms with Crippen LogP contribution in [0.25, 0.3) is 0 Å². The smallest absolute Gasteiger partial charge is 0.237 e. The van der Waals surface area contributed by atoms with E-state index in [4.69, 9.17) is 15.2 Å². The molecule has 5 nitrogen and oxygen atoms in total. The maximum absolute atomic E-state index is 9.42. The van der Waals surface area contributed by atoms with Gasteiger partial charge < -0.3 is 20.3 Å². The third-order valence-electron chi connectivity index (χ3n) is 2.06. The molecule has 3 N–H and O–H groups in total. The summed E-state index contributed by atoms with van der Waals surface area (Å²) >= 11 is 0. The molecular formula is C9H12N2O3. The van der Waals surface area contributed by atoms with Crippen LogP contribution in [-0.4, -0.2) is 35.5 Å². The van der Waals surface area contributed by atoms with Crippen molar-refractivity contribution in [2.24, 2.45) is 0 Å². The van der Waals surface area contributed by atoms with E-state index in [0.29, 0.717) is 24.8 Å². The number of pyridine rings is 1. The number of rotatable bonds is 2. The van der Waals surface area contributed by atoms with E-state index in [2.05, 4.69) is 4.98 Å². The number of hydrogen-bond donors (Lipinski definition) is 2. The van der Waals surface area contributed by atoms with Gasteiger partial charge in [0.2, 0.25) is 5.88 Å². The number of nitrogen functional groups attached to an aromatic ring is 1. The third kappa shape index (κ3) is 1.78. The summed E-state index contributed by atoms with van der Waals surface area (Å²) in [6.45, 7) is 0.675. The molecule has 0 saturated carbocycles. The molecule has 2 rings (SSSR count). The van der Waals surface area contributed by atoms with Crippen molar-refractivity contribution < 1.29 is 14.6 Å². The molecule has 1 aromatic rings. The largest absolute Gasteiger partial charge is 0.468 e. The first kappa shape index (κ1) is 9.23. The molecular weight excluding hydrogens is 184 g/mol. The van der Waals surface area contributed by atoms with E-state index in [1.54, 1.807) is 18.3 Å². The maximum atomic E-state index is 9.42. The minimum absolute atomic E-state index is 0.303. The van der Waals surface area contributed by atoms with E-state index in [0.717, 1.165) is 0 Å². The number of ether oxygens (including phenoxy) is 2. The quantitative estimate of drug-likeness (QED) is 0.685. The van der Waals surface area contributed by atoms with Crippen molar-refractivity contribution in [3.8, 4) is 5.88 Å². The monoisotopic (exact) mass is 196 g/mol. The maximum Gasteiger partial charge on any atom is 0.237 e. The predicted octanol–water partition coefficient (Wildman–Crippen LogP) is -0.198. The van der Waals surface area contributed by atoms with Crippen molar-refractivity contribution in [1.29, 1.82) is 0 Å². The Morgan fingerprint density at radius 2 is 2.43 bits per heavy atom. The third-order valence-corrected chi connectivity index (χ3v) is 2.06. The number of nitrogens with zero attached hydrogens (tertiary/aromatic N) is 1. The second-order valence-corrected chi connectivity index (χ2v) is 3.16. The summed E-state index contributed by atoms with van der Waals surface area (Å²) in [4.78, 5) is 3.96. The molecule has 1 fully saturated rings. The molecule has 5 heteroatoms. The number of aromatic nitrogens is 1. The molecule has 1 aliphatic rings. The summed E-state index contributed by atoms with van der Waals surface area (Å²) in [6.07, 6.45) is 0.622. The number of aliphatic hydroxyl groups excluding tert-OH is 1. The first-order chi connectivity index (χ1) is 6.77. The van der Waals surface area contributed by atoms with Crippen LogP contribution in [0.15, 0.2) is 18.3 Å². The molecule has 0 amide bonds. The van der Waals surface area contributed by atoms with E-state index < -0.39 is 6.10 Å². The molecule has 0 radical (unpaired) electrons. The standard InChI is InChI=1S/C9H12N2O3/c10-6-2-1-3-11-9(6)14-8-5-13-4-7(8)12/h1-3,7-8,12H,4-5,10H2/t7-,8+/m0/s1. The number of nitrogens with two attached hydrogens (primary N) is 1. The van der Waals surface area contributed by atoms with Gasteiger partial charge in [-0.1, -0.05) is 0 Å². The SMILES string of the molecule is Nc1cccnc1O[C@@H]1COC[C@@H]1O. The number of hydrogen-bond acceptors (Lipinski definition) is 5. The molecule has 0 aromatic carbocycles. The Morgan fingerprint density at radius 3 is 3.07 bits per heavy atom. The average molecular weight is 196 g/mol. The van der Waals surface area contributed by atoms with Crippen LogP contribution in [0.1, 0.15) is 0 Å². The number of aliphatic hydroxyl groups is 1. The zero-order valence-corrected chi connectivity index (χ0v) is 7.59. The van der Waals surface area contributed by atoms with Crippen LogP contribution < -0.4 is 10.5 Å². The molecule has 0 spiro atoms. The fourth-order valence-corrected chi connectivity index (χ4v) is 1.28. The molecule has 0 aliphatic carbocycles. The highest BCUT2D eigenvalue weighted by molar-refractivity contribution is 5.46. The molecule has 14 heavy (non-hydrogen) atoms. The normalized spacial score (nSPS) is 26.4.